The molecule has 2 atom stereocenters. The second-order valence-corrected chi connectivity index (χ2v) is 6.16. The van der Waals surface area contributed by atoms with Crippen molar-refractivity contribution in [1.29, 1.82) is 0 Å². The topological polar surface area (TPSA) is 49.2 Å². The largest absolute Gasteiger partial charge is 0.393 e. The molecule has 2 aliphatic heterocycles. The highest BCUT2D eigenvalue weighted by atomic mass is 35.5. The molecule has 2 fully saturated rings. The monoisotopic (exact) mass is 289 g/mol. The first-order valence-corrected chi connectivity index (χ1v) is 7.48. The first kappa shape index (κ1) is 12.4. The average Bonchev–Trinajstić information content (AvgIpc) is 2.71. The predicted octanol–water partition coefficient (Wildman–Crippen LogP) is 2.78. The fraction of sp³-hybridized carbons (Fsp3) is 0.467. The molecule has 4 heterocycles. The first-order valence-electron chi connectivity index (χ1n) is 7.10. The van der Waals surface area contributed by atoms with Gasteiger partial charge in [-0.3, -0.25) is 0 Å². The third-order valence-corrected chi connectivity index (χ3v) is 4.81. The van der Waals surface area contributed by atoms with E-state index in [0.29, 0.717) is 22.8 Å². The van der Waals surface area contributed by atoms with Gasteiger partial charge in [0.2, 0.25) is 0 Å². The Morgan fingerprint density at radius 1 is 1.25 bits per heavy atom. The number of hydrogen-bond acceptors (Lipinski definition) is 4. The van der Waals surface area contributed by atoms with Crippen molar-refractivity contribution in [3.8, 4) is 0 Å². The minimum absolute atomic E-state index is 0.169. The van der Waals surface area contributed by atoms with Crippen molar-refractivity contribution in [1.82, 2.24) is 9.97 Å². The van der Waals surface area contributed by atoms with Crippen LogP contribution < -0.4 is 4.90 Å². The molecule has 0 aromatic carbocycles. The molecule has 4 rings (SSSR count). The molecule has 1 N–H and O–H groups in total. The highest BCUT2D eigenvalue weighted by Gasteiger charge is 2.41. The lowest BCUT2D eigenvalue weighted by Gasteiger charge is -2.38. The zero-order valence-corrected chi connectivity index (χ0v) is 11.8. The summed E-state index contributed by atoms with van der Waals surface area (Å²) in [4.78, 5) is 11.3. The van der Waals surface area contributed by atoms with Crippen LogP contribution in [0.3, 0.4) is 0 Å². The second kappa shape index (κ2) is 4.57. The second-order valence-electron chi connectivity index (χ2n) is 5.75. The van der Waals surface area contributed by atoms with Crippen LogP contribution in [-0.2, 0) is 0 Å². The molecule has 0 amide bonds. The normalized spacial score (nSPS) is 29.1. The maximum absolute atomic E-state index is 9.90. The SMILES string of the molecule is OC1CC2CCC(C1)N2c1cc(Cl)c2cccnc2n1. The summed E-state index contributed by atoms with van der Waals surface area (Å²) in [6.07, 6.45) is 5.48. The summed E-state index contributed by atoms with van der Waals surface area (Å²) in [5, 5.41) is 11.5. The number of nitrogens with zero attached hydrogens (tertiary/aromatic N) is 3. The van der Waals surface area contributed by atoms with E-state index in [2.05, 4.69) is 14.9 Å². The van der Waals surface area contributed by atoms with E-state index >= 15 is 0 Å². The Balaban J connectivity index is 1.79. The molecule has 5 heteroatoms. The number of aromatic nitrogens is 2. The third kappa shape index (κ3) is 1.86. The summed E-state index contributed by atoms with van der Waals surface area (Å²) in [6, 6.07) is 6.52. The Labute approximate surface area is 122 Å². The first-order chi connectivity index (χ1) is 9.72. The van der Waals surface area contributed by atoms with Gasteiger partial charge in [-0.2, -0.15) is 0 Å². The van der Waals surface area contributed by atoms with Crippen molar-refractivity contribution in [2.24, 2.45) is 0 Å². The molecule has 4 nitrogen and oxygen atoms in total. The summed E-state index contributed by atoms with van der Waals surface area (Å²) in [6.45, 7) is 0. The lowest BCUT2D eigenvalue weighted by Crippen LogP contribution is -2.45. The van der Waals surface area contributed by atoms with E-state index in [1.54, 1.807) is 6.20 Å². The minimum Gasteiger partial charge on any atom is -0.393 e. The summed E-state index contributed by atoms with van der Waals surface area (Å²) < 4.78 is 0. The van der Waals surface area contributed by atoms with Crippen LogP contribution >= 0.6 is 11.6 Å². The van der Waals surface area contributed by atoms with Crippen LogP contribution in [0.4, 0.5) is 5.82 Å². The van der Waals surface area contributed by atoms with E-state index in [-0.39, 0.29) is 6.10 Å². The van der Waals surface area contributed by atoms with Crippen molar-refractivity contribution in [3.63, 3.8) is 0 Å². The zero-order chi connectivity index (χ0) is 13.7. The minimum atomic E-state index is -0.169. The van der Waals surface area contributed by atoms with Crippen LogP contribution in [0.25, 0.3) is 11.0 Å². The predicted molar refractivity (Wildman–Crippen MR) is 79.1 cm³/mol. The van der Waals surface area contributed by atoms with Crippen LogP contribution in [0.2, 0.25) is 5.02 Å². The van der Waals surface area contributed by atoms with Gasteiger partial charge in [0.15, 0.2) is 5.65 Å². The van der Waals surface area contributed by atoms with E-state index in [0.717, 1.165) is 36.9 Å². The van der Waals surface area contributed by atoms with Gasteiger partial charge in [0.25, 0.3) is 0 Å². The number of aliphatic hydroxyl groups is 1. The molecule has 20 heavy (non-hydrogen) atoms. The maximum Gasteiger partial charge on any atom is 0.163 e. The van der Waals surface area contributed by atoms with Crippen molar-refractivity contribution >= 4 is 28.5 Å². The molecule has 2 saturated heterocycles. The van der Waals surface area contributed by atoms with Crippen LogP contribution in [0.1, 0.15) is 25.7 Å². The van der Waals surface area contributed by atoms with Gasteiger partial charge in [0.05, 0.1) is 11.1 Å². The third-order valence-electron chi connectivity index (χ3n) is 4.49. The molecule has 2 aliphatic rings. The van der Waals surface area contributed by atoms with E-state index in [1.807, 2.05) is 18.2 Å². The molecule has 0 saturated carbocycles. The Bertz CT molecular complexity index is 649. The molecule has 0 radical (unpaired) electrons. The highest BCUT2D eigenvalue weighted by Crippen LogP contribution is 2.39. The quantitative estimate of drug-likeness (QED) is 0.877. The van der Waals surface area contributed by atoms with E-state index in [4.69, 9.17) is 11.6 Å². The Kier molecular flexibility index (Phi) is 2.82. The molecule has 0 spiro atoms. The Hall–Kier alpha value is -1.39. The smallest absolute Gasteiger partial charge is 0.163 e. The fourth-order valence-electron chi connectivity index (χ4n) is 3.66. The number of fused-ring (bicyclic) bond motifs is 3. The maximum atomic E-state index is 9.90. The van der Waals surface area contributed by atoms with Gasteiger partial charge in [-0.15, -0.1) is 0 Å². The number of halogens is 1. The molecular formula is C15H16ClN3O. The summed E-state index contributed by atoms with van der Waals surface area (Å²) in [5.41, 5.74) is 0.695. The lowest BCUT2D eigenvalue weighted by atomic mass is 10.00. The van der Waals surface area contributed by atoms with Crippen LogP contribution in [0, 0.1) is 0 Å². The average molecular weight is 290 g/mol. The van der Waals surface area contributed by atoms with Gasteiger partial charge in [-0.05, 0) is 37.8 Å². The Morgan fingerprint density at radius 2 is 2.00 bits per heavy atom. The number of aliphatic hydroxyl groups excluding tert-OH is 1. The van der Waals surface area contributed by atoms with Gasteiger partial charge >= 0.3 is 0 Å². The van der Waals surface area contributed by atoms with Gasteiger partial charge in [0, 0.05) is 29.7 Å². The lowest BCUT2D eigenvalue weighted by molar-refractivity contribution is 0.126. The number of hydrogen-bond donors (Lipinski definition) is 1. The molecule has 104 valence electrons. The fourth-order valence-corrected chi connectivity index (χ4v) is 3.90. The zero-order valence-electron chi connectivity index (χ0n) is 11.0. The van der Waals surface area contributed by atoms with Crippen LogP contribution in [-0.4, -0.2) is 33.3 Å². The highest BCUT2D eigenvalue weighted by molar-refractivity contribution is 6.35. The number of pyridine rings is 2. The Morgan fingerprint density at radius 3 is 2.75 bits per heavy atom. The summed E-state index contributed by atoms with van der Waals surface area (Å²) in [5.74, 6) is 0.903. The molecular weight excluding hydrogens is 274 g/mol. The summed E-state index contributed by atoms with van der Waals surface area (Å²) in [7, 11) is 0. The molecule has 2 aromatic rings. The van der Waals surface area contributed by atoms with Gasteiger partial charge in [-0.1, -0.05) is 11.6 Å². The van der Waals surface area contributed by atoms with Gasteiger partial charge in [0.1, 0.15) is 5.82 Å². The molecule has 2 bridgehead atoms. The molecule has 0 aliphatic carbocycles. The number of rotatable bonds is 1. The van der Waals surface area contributed by atoms with Crippen LogP contribution in [0.5, 0.6) is 0 Å². The summed E-state index contributed by atoms with van der Waals surface area (Å²) >= 11 is 6.37. The molecule has 2 aromatic heterocycles. The van der Waals surface area contributed by atoms with Gasteiger partial charge < -0.3 is 10.0 Å². The van der Waals surface area contributed by atoms with Crippen molar-refractivity contribution in [2.45, 2.75) is 43.9 Å². The van der Waals surface area contributed by atoms with Crippen molar-refractivity contribution < 1.29 is 5.11 Å². The van der Waals surface area contributed by atoms with Crippen LogP contribution in [0.15, 0.2) is 24.4 Å². The molecule has 2 unspecified atom stereocenters. The number of piperidine rings is 1. The number of anilines is 1. The van der Waals surface area contributed by atoms with Gasteiger partial charge in [-0.25, -0.2) is 9.97 Å². The van der Waals surface area contributed by atoms with Crippen molar-refractivity contribution in [3.05, 3.63) is 29.4 Å². The van der Waals surface area contributed by atoms with E-state index in [1.165, 1.54) is 0 Å². The van der Waals surface area contributed by atoms with E-state index < -0.39 is 0 Å². The van der Waals surface area contributed by atoms with E-state index in [9.17, 15) is 5.11 Å². The standard InChI is InChI=1S/C15H16ClN3O/c16-13-8-14(18-15-12(13)2-1-5-17-15)19-9-3-4-10(19)7-11(20)6-9/h1-2,5,8-11,20H,3-4,6-7H2. The van der Waals surface area contributed by atoms with Crippen molar-refractivity contribution in [2.75, 3.05) is 4.90 Å².